The van der Waals surface area contributed by atoms with Crippen molar-refractivity contribution in [2.75, 3.05) is 0 Å². The van der Waals surface area contributed by atoms with Crippen LogP contribution in [0.1, 0.15) is 38.1 Å². The number of carbonyl (C=O) groups is 2. The molecule has 1 aromatic carbocycles. The molecule has 1 heterocycles. The Kier molecular flexibility index (Phi) is 3.73. The smallest absolute Gasteiger partial charge is 0.419 e. The van der Waals surface area contributed by atoms with Gasteiger partial charge in [-0.3, -0.25) is 9.36 Å². The zero-order valence-corrected chi connectivity index (χ0v) is 13.4. The van der Waals surface area contributed by atoms with Gasteiger partial charge in [-0.1, -0.05) is 12.1 Å². The van der Waals surface area contributed by atoms with E-state index in [0.717, 1.165) is 5.39 Å². The highest BCUT2D eigenvalue weighted by atomic mass is 79.9. The fraction of sp³-hybridized carbons (Fsp3) is 0.333. The summed E-state index contributed by atoms with van der Waals surface area (Å²) in [5.74, 6) is -0.0433. The highest BCUT2D eigenvalue weighted by Crippen LogP contribution is 2.30. The minimum atomic E-state index is -0.571. The van der Waals surface area contributed by atoms with Crippen LogP contribution in [0, 0.1) is 0 Å². The number of fused-ring (bicyclic) bond motifs is 1. The first-order valence-corrected chi connectivity index (χ1v) is 7.04. The van der Waals surface area contributed by atoms with Gasteiger partial charge in [0, 0.05) is 21.6 Å². The lowest BCUT2D eigenvalue weighted by molar-refractivity contribution is 0.0544. The topological polar surface area (TPSA) is 48.3 Å². The highest BCUT2D eigenvalue weighted by molar-refractivity contribution is 9.10. The molecule has 0 N–H and O–H groups in total. The van der Waals surface area contributed by atoms with Crippen LogP contribution in [-0.2, 0) is 4.74 Å². The fourth-order valence-electron chi connectivity index (χ4n) is 1.99. The molecule has 1 aromatic heterocycles. The van der Waals surface area contributed by atoms with E-state index in [1.54, 1.807) is 24.4 Å². The summed E-state index contributed by atoms with van der Waals surface area (Å²) in [6.45, 7) is 6.94. The Morgan fingerprint density at radius 2 is 1.90 bits per heavy atom. The normalized spacial score (nSPS) is 11.7. The lowest BCUT2D eigenvalue weighted by atomic mass is 10.1. The molecule has 0 atom stereocenters. The predicted octanol–water partition coefficient (Wildman–Crippen LogP) is 4.39. The average Bonchev–Trinajstić information content (AvgIpc) is 2.65. The van der Waals surface area contributed by atoms with Crippen LogP contribution in [0.3, 0.4) is 0 Å². The maximum Gasteiger partial charge on any atom is 0.419 e. The van der Waals surface area contributed by atoms with Crippen molar-refractivity contribution < 1.29 is 14.3 Å². The van der Waals surface area contributed by atoms with Gasteiger partial charge in [-0.2, -0.15) is 0 Å². The van der Waals surface area contributed by atoms with Gasteiger partial charge in [-0.15, -0.1) is 0 Å². The molecule has 20 heavy (non-hydrogen) atoms. The van der Waals surface area contributed by atoms with E-state index in [1.165, 1.54) is 11.5 Å². The van der Waals surface area contributed by atoms with Crippen molar-refractivity contribution in [2.45, 2.75) is 33.3 Å². The van der Waals surface area contributed by atoms with Gasteiger partial charge in [0.25, 0.3) is 0 Å². The second-order valence-corrected chi connectivity index (χ2v) is 6.44. The monoisotopic (exact) mass is 337 g/mol. The van der Waals surface area contributed by atoms with Gasteiger partial charge in [0.1, 0.15) is 5.60 Å². The molecule has 5 heteroatoms. The summed E-state index contributed by atoms with van der Waals surface area (Å²) in [6, 6.07) is 5.29. The van der Waals surface area contributed by atoms with Gasteiger partial charge in [0.2, 0.25) is 0 Å². The maximum absolute atomic E-state index is 12.2. The van der Waals surface area contributed by atoms with Crippen molar-refractivity contribution in [3.63, 3.8) is 0 Å². The molecule has 0 spiro atoms. The average molecular weight is 338 g/mol. The Morgan fingerprint density at radius 3 is 2.45 bits per heavy atom. The van der Waals surface area contributed by atoms with Crippen LogP contribution in [0.25, 0.3) is 10.9 Å². The predicted molar refractivity (Wildman–Crippen MR) is 81.3 cm³/mol. The molecule has 0 saturated heterocycles. The van der Waals surface area contributed by atoms with Gasteiger partial charge < -0.3 is 4.74 Å². The van der Waals surface area contributed by atoms with Gasteiger partial charge in [0.15, 0.2) is 5.78 Å². The second-order valence-electron chi connectivity index (χ2n) is 5.58. The summed E-state index contributed by atoms with van der Waals surface area (Å²) < 4.78 is 7.48. The molecular formula is C15H16BrNO3. The van der Waals surface area contributed by atoms with E-state index in [9.17, 15) is 9.59 Å². The van der Waals surface area contributed by atoms with Gasteiger partial charge in [-0.25, -0.2) is 4.79 Å². The van der Waals surface area contributed by atoms with E-state index in [4.69, 9.17) is 4.74 Å². The van der Waals surface area contributed by atoms with E-state index in [0.29, 0.717) is 15.6 Å². The third-order valence-electron chi connectivity index (χ3n) is 2.75. The van der Waals surface area contributed by atoms with Gasteiger partial charge in [0.05, 0.1) is 5.52 Å². The third kappa shape index (κ3) is 2.77. The fourth-order valence-corrected chi connectivity index (χ4v) is 2.62. The number of carbonyl (C=O) groups excluding carboxylic acids is 2. The summed E-state index contributed by atoms with van der Waals surface area (Å²) in [4.78, 5) is 23.9. The highest BCUT2D eigenvalue weighted by Gasteiger charge is 2.21. The van der Waals surface area contributed by atoms with E-state index < -0.39 is 11.7 Å². The number of ether oxygens (including phenoxy) is 1. The minimum absolute atomic E-state index is 0.0433. The van der Waals surface area contributed by atoms with Crippen molar-refractivity contribution in [1.29, 1.82) is 0 Å². The van der Waals surface area contributed by atoms with Gasteiger partial charge >= 0.3 is 6.09 Å². The molecule has 4 nitrogen and oxygen atoms in total. The molecule has 2 aromatic rings. The summed E-state index contributed by atoms with van der Waals surface area (Å²) in [7, 11) is 0. The van der Waals surface area contributed by atoms with Crippen LogP contribution in [-0.4, -0.2) is 22.0 Å². The summed E-state index contributed by atoms with van der Waals surface area (Å²) in [6.07, 6.45) is 1.17. The van der Waals surface area contributed by atoms with Crippen LogP contribution >= 0.6 is 15.9 Å². The number of hydrogen-bond donors (Lipinski definition) is 0. The van der Waals surface area contributed by atoms with E-state index in [-0.39, 0.29) is 5.78 Å². The maximum atomic E-state index is 12.2. The second kappa shape index (κ2) is 5.05. The molecule has 0 aliphatic rings. The standard InChI is InChI=1S/C15H16BrNO3/c1-9(18)10-6-5-7-12-13(10)11(16)8-17(12)14(19)20-15(2,3)4/h5-8H,1-4H3. The van der Waals surface area contributed by atoms with Crippen LogP contribution in [0.15, 0.2) is 28.9 Å². The Balaban J connectivity index is 2.60. The van der Waals surface area contributed by atoms with Crippen molar-refractivity contribution in [1.82, 2.24) is 4.57 Å². The summed E-state index contributed by atoms with van der Waals surface area (Å²) >= 11 is 3.40. The number of ketones is 1. The van der Waals surface area contributed by atoms with Crippen molar-refractivity contribution in [3.05, 3.63) is 34.4 Å². The molecule has 106 valence electrons. The molecule has 0 radical (unpaired) electrons. The molecule has 0 aliphatic heterocycles. The van der Waals surface area contributed by atoms with Gasteiger partial charge in [-0.05, 0) is 49.7 Å². The minimum Gasteiger partial charge on any atom is -0.443 e. The number of Topliss-reactive ketones (excluding diaryl/α,β-unsaturated/α-hetero) is 1. The van der Waals surface area contributed by atoms with E-state index >= 15 is 0 Å². The lowest BCUT2D eigenvalue weighted by Gasteiger charge is -2.19. The van der Waals surface area contributed by atoms with Crippen molar-refractivity contribution >= 4 is 38.7 Å². The SMILES string of the molecule is CC(=O)c1cccc2c1c(Br)cn2C(=O)OC(C)(C)C. The number of benzene rings is 1. The Morgan fingerprint density at radius 1 is 1.25 bits per heavy atom. The number of hydrogen-bond acceptors (Lipinski definition) is 3. The quantitative estimate of drug-likeness (QED) is 0.725. The molecule has 0 amide bonds. The molecule has 0 aliphatic carbocycles. The molecule has 0 bridgehead atoms. The number of halogens is 1. The number of rotatable bonds is 1. The molecule has 0 unspecified atom stereocenters. The van der Waals surface area contributed by atoms with E-state index in [2.05, 4.69) is 15.9 Å². The van der Waals surface area contributed by atoms with Crippen LogP contribution < -0.4 is 0 Å². The van der Waals surface area contributed by atoms with Crippen molar-refractivity contribution in [3.8, 4) is 0 Å². The first kappa shape index (κ1) is 14.8. The van der Waals surface area contributed by atoms with E-state index in [1.807, 2.05) is 20.8 Å². The summed E-state index contributed by atoms with van der Waals surface area (Å²) in [5.41, 5.74) is 0.661. The Hall–Kier alpha value is -1.62. The van der Waals surface area contributed by atoms with Crippen LogP contribution in [0.5, 0.6) is 0 Å². The van der Waals surface area contributed by atoms with Crippen LogP contribution in [0.2, 0.25) is 0 Å². The summed E-state index contributed by atoms with van der Waals surface area (Å²) in [5, 5.41) is 0.728. The van der Waals surface area contributed by atoms with Crippen LogP contribution in [0.4, 0.5) is 4.79 Å². The Labute approximate surface area is 125 Å². The molecule has 2 rings (SSSR count). The Bertz CT molecular complexity index is 695. The zero-order valence-electron chi connectivity index (χ0n) is 11.9. The molecular weight excluding hydrogens is 322 g/mol. The largest absolute Gasteiger partial charge is 0.443 e. The number of aromatic nitrogens is 1. The molecule has 0 saturated carbocycles. The lowest BCUT2D eigenvalue weighted by Crippen LogP contribution is -2.26. The number of nitrogens with zero attached hydrogens (tertiary/aromatic N) is 1. The van der Waals surface area contributed by atoms with Crippen molar-refractivity contribution in [2.24, 2.45) is 0 Å². The molecule has 0 fully saturated rings. The first-order chi connectivity index (χ1) is 9.20. The third-order valence-corrected chi connectivity index (χ3v) is 3.35. The first-order valence-electron chi connectivity index (χ1n) is 6.24. The zero-order chi connectivity index (χ0) is 15.1.